The Labute approximate surface area is 113 Å². The molecule has 0 saturated heterocycles. The summed E-state index contributed by atoms with van der Waals surface area (Å²) >= 11 is 0. The Morgan fingerprint density at radius 1 is 1.37 bits per heavy atom. The van der Waals surface area contributed by atoms with Gasteiger partial charge in [-0.25, -0.2) is 0 Å². The Kier molecular flexibility index (Phi) is 4.10. The molecule has 1 aliphatic rings. The van der Waals surface area contributed by atoms with E-state index in [1.54, 1.807) is 0 Å². The van der Waals surface area contributed by atoms with Crippen LogP contribution < -0.4 is 0 Å². The number of Topliss-reactive ketones (excluding diaryl/α,β-unsaturated/α-hetero) is 1. The number of nitrogens with zero attached hydrogens (tertiary/aromatic N) is 1. The van der Waals surface area contributed by atoms with Gasteiger partial charge < -0.3 is 10.2 Å². The van der Waals surface area contributed by atoms with Gasteiger partial charge in [-0.05, 0) is 44.7 Å². The minimum Gasteiger partial charge on any atom is -0.508 e. The van der Waals surface area contributed by atoms with Crippen LogP contribution in [0.15, 0.2) is 18.2 Å². The highest BCUT2D eigenvalue weighted by Crippen LogP contribution is 2.30. The van der Waals surface area contributed by atoms with Gasteiger partial charge in [-0.1, -0.05) is 0 Å². The van der Waals surface area contributed by atoms with Crippen LogP contribution >= 0.6 is 0 Å². The Morgan fingerprint density at radius 2 is 2.05 bits per heavy atom. The van der Waals surface area contributed by atoms with Crippen LogP contribution in [0.1, 0.15) is 37.0 Å². The van der Waals surface area contributed by atoms with Crippen molar-refractivity contribution in [3.8, 4) is 11.5 Å². The fraction of sp³-hybridized carbons (Fsp3) is 0.533. The zero-order valence-electron chi connectivity index (χ0n) is 11.5. The van der Waals surface area contributed by atoms with Crippen LogP contribution in [0.25, 0.3) is 0 Å². The highest BCUT2D eigenvalue weighted by atomic mass is 16.3. The molecule has 0 radical (unpaired) electrons. The van der Waals surface area contributed by atoms with Gasteiger partial charge in [0.2, 0.25) is 0 Å². The first-order valence-corrected chi connectivity index (χ1v) is 6.76. The lowest BCUT2D eigenvalue weighted by atomic mass is 10.1. The van der Waals surface area contributed by atoms with Crippen LogP contribution in [0.2, 0.25) is 0 Å². The summed E-state index contributed by atoms with van der Waals surface area (Å²) in [4.78, 5) is 14.4. The third kappa shape index (κ3) is 3.70. The smallest absolute Gasteiger partial charge is 0.180 e. The Balaban J connectivity index is 2.05. The van der Waals surface area contributed by atoms with Crippen LogP contribution in [0, 0.1) is 5.92 Å². The van der Waals surface area contributed by atoms with Gasteiger partial charge in [-0.3, -0.25) is 9.69 Å². The van der Waals surface area contributed by atoms with Crippen LogP contribution in [0.4, 0.5) is 0 Å². The highest BCUT2D eigenvalue weighted by molar-refractivity contribution is 6.00. The van der Waals surface area contributed by atoms with Crippen molar-refractivity contribution in [1.82, 2.24) is 4.90 Å². The number of phenolic OH excluding ortho intramolecular Hbond substituents is 2. The molecule has 0 bridgehead atoms. The third-order valence-electron chi connectivity index (χ3n) is 3.55. The van der Waals surface area contributed by atoms with Crippen LogP contribution in [0.3, 0.4) is 0 Å². The van der Waals surface area contributed by atoms with E-state index in [0.29, 0.717) is 12.6 Å². The first kappa shape index (κ1) is 13.9. The molecule has 0 atom stereocenters. The molecule has 0 unspecified atom stereocenters. The Bertz CT molecular complexity index is 466. The predicted octanol–water partition coefficient (Wildman–Crippen LogP) is 2.40. The average Bonchev–Trinajstić information content (AvgIpc) is 3.11. The lowest BCUT2D eigenvalue weighted by molar-refractivity contribution is 0.0898. The van der Waals surface area contributed by atoms with Crippen LogP contribution in [-0.4, -0.2) is 40.0 Å². The summed E-state index contributed by atoms with van der Waals surface area (Å²) in [5.41, 5.74) is 0.277. The molecule has 4 heteroatoms. The molecule has 0 spiro atoms. The van der Waals surface area contributed by atoms with E-state index in [1.165, 1.54) is 31.0 Å². The average molecular weight is 263 g/mol. The molecular formula is C15H21NO3. The maximum Gasteiger partial charge on any atom is 0.180 e. The van der Waals surface area contributed by atoms with Gasteiger partial charge in [0.05, 0.1) is 12.1 Å². The lowest BCUT2D eigenvalue weighted by Gasteiger charge is -2.25. The molecule has 1 saturated carbocycles. The second-order valence-corrected chi connectivity index (χ2v) is 5.59. The predicted molar refractivity (Wildman–Crippen MR) is 73.5 cm³/mol. The molecule has 1 aromatic rings. The van der Waals surface area contributed by atoms with Crippen molar-refractivity contribution in [2.45, 2.75) is 32.7 Å². The SMILES string of the molecule is CC(C)N(CC(=O)c1ccc(O)cc1O)CC1CC1. The van der Waals surface area contributed by atoms with Gasteiger partial charge in [0, 0.05) is 18.7 Å². The summed E-state index contributed by atoms with van der Waals surface area (Å²) in [6.07, 6.45) is 2.50. The Morgan fingerprint density at radius 3 is 2.58 bits per heavy atom. The number of benzene rings is 1. The van der Waals surface area contributed by atoms with Crippen molar-refractivity contribution < 1.29 is 15.0 Å². The fourth-order valence-corrected chi connectivity index (χ4v) is 2.12. The summed E-state index contributed by atoms with van der Waals surface area (Å²) in [6, 6.07) is 4.41. The molecule has 2 N–H and O–H groups in total. The second kappa shape index (κ2) is 5.61. The highest BCUT2D eigenvalue weighted by Gasteiger charge is 2.27. The first-order valence-electron chi connectivity index (χ1n) is 6.76. The monoisotopic (exact) mass is 263 g/mol. The molecule has 4 nitrogen and oxygen atoms in total. The van der Waals surface area contributed by atoms with Crippen molar-refractivity contribution in [2.75, 3.05) is 13.1 Å². The van der Waals surface area contributed by atoms with E-state index in [1.807, 2.05) is 0 Å². The molecule has 104 valence electrons. The molecule has 1 aromatic carbocycles. The number of hydrogen-bond donors (Lipinski definition) is 2. The first-order chi connectivity index (χ1) is 8.97. The molecule has 2 rings (SSSR count). The summed E-state index contributed by atoms with van der Waals surface area (Å²) in [5, 5.41) is 18.9. The van der Waals surface area contributed by atoms with Gasteiger partial charge in [-0.15, -0.1) is 0 Å². The summed E-state index contributed by atoms with van der Waals surface area (Å²) < 4.78 is 0. The summed E-state index contributed by atoms with van der Waals surface area (Å²) in [6.45, 7) is 5.41. The maximum atomic E-state index is 12.2. The molecule has 1 aliphatic carbocycles. The zero-order valence-corrected chi connectivity index (χ0v) is 11.5. The normalized spacial score (nSPS) is 15.2. The number of aromatic hydroxyl groups is 2. The Hall–Kier alpha value is -1.55. The molecule has 0 heterocycles. The van der Waals surface area contributed by atoms with Crippen molar-refractivity contribution >= 4 is 5.78 Å². The van der Waals surface area contributed by atoms with Crippen molar-refractivity contribution in [2.24, 2.45) is 5.92 Å². The van der Waals surface area contributed by atoms with E-state index >= 15 is 0 Å². The second-order valence-electron chi connectivity index (χ2n) is 5.59. The topological polar surface area (TPSA) is 60.8 Å². The maximum absolute atomic E-state index is 12.2. The number of rotatable bonds is 6. The third-order valence-corrected chi connectivity index (χ3v) is 3.55. The molecule has 1 fully saturated rings. The van der Waals surface area contributed by atoms with Gasteiger partial charge >= 0.3 is 0 Å². The molecule has 19 heavy (non-hydrogen) atoms. The molecular weight excluding hydrogens is 242 g/mol. The molecule has 0 aliphatic heterocycles. The largest absolute Gasteiger partial charge is 0.508 e. The van der Waals surface area contributed by atoms with E-state index in [2.05, 4.69) is 18.7 Å². The van der Waals surface area contributed by atoms with Gasteiger partial charge in [0.25, 0.3) is 0 Å². The summed E-state index contributed by atoms with van der Waals surface area (Å²) in [5.74, 6) is 0.434. The fourth-order valence-electron chi connectivity index (χ4n) is 2.12. The standard InChI is InChI=1S/C15H21NO3/c1-10(2)16(8-11-3-4-11)9-15(19)13-6-5-12(17)7-14(13)18/h5-7,10-11,17-18H,3-4,8-9H2,1-2H3. The minimum atomic E-state index is -0.153. The molecule has 0 amide bonds. The van der Waals surface area contributed by atoms with Crippen molar-refractivity contribution in [3.63, 3.8) is 0 Å². The molecule has 0 aromatic heterocycles. The summed E-state index contributed by atoms with van der Waals surface area (Å²) in [7, 11) is 0. The quantitative estimate of drug-likeness (QED) is 0.774. The van der Waals surface area contributed by atoms with E-state index in [-0.39, 0.29) is 22.8 Å². The lowest BCUT2D eigenvalue weighted by Crippen LogP contribution is -2.37. The van der Waals surface area contributed by atoms with Crippen molar-refractivity contribution in [1.29, 1.82) is 0 Å². The van der Waals surface area contributed by atoms with E-state index < -0.39 is 0 Å². The number of carbonyl (C=O) groups is 1. The van der Waals surface area contributed by atoms with E-state index in [4.69, 9.17) is 0 Å². The van der Waals surface area contributed by atoms with Crippen molar-refractivity contribution in [3.05, 3.63) is 23.8 Å². The minimum absolute atomic E-state index is 0.0345. The van der Waals surface area contributed by atoms with Gasteiger partial charge in [0.15, 0.2) is 5.78 Å². The number of phenols is 2. The number of carbonyl (C=O) groups excluding carboxylic acids is 1. The van der Waals surface area contributed by atoms with Crippen LogP contribution in [0.5, 0.6) is 11.5 Å². The van der Waals surface area contributed by atoms with Crippen LogP contribution in [-0.2, 0) is 0 Å². The zero-order chi connectivity index (χ0) is 14.0. The van der Waals surface area contributed by atoms with E-state index in [0.717, 1.165) is 12.5 Å². The van der Waals surface area contributed by atoms with E-state index in [9.17, 15) is 15.0 Å². The van der Waals surface area contributed by atoms with Gasteiger partial charge in [-0.2, -0.15) is 0 Å². The number of hydrogen-bond acceptors (Lipinski definition) is 4. The number of ketones is 1. The van der Waals surface area contributed by atoms with Gasteiger partial charge in [0.1, 0.15) is 11.5 Å².